The van der Waals surface area contributed by atoms with Gasteiger partial charge in [-0.3, -0.25) is 4.55 Å². The zero-order valence-electron chi connectivity index (χ0n) is 3.31. The minimum absolute atomic E-state index is 0. The molecule has 1 radical (unpaired) electrons. The second kappa shape index (κ2) is 3.34. The molecule has 0 atom stereocenters. The van der Waals surface area contributed by atoms with Crippen LogP contribution in [0.5, 0.6) is 0 Å². The minimum atomic E-state index is -5.07. The minimum Gasteiger partial charge on any atom is -0.281 e. The zero-order chi connectivity index (χ0) is 6.08. The van der Waals surface area contributed by atoms with Gasteiger partial charge in [0.05, 0.1) is 0 Å². The third kappa shape index (κ3) is 4.45. The number of alkyl halides is 2. The number of hydrogen-bond donors (Lipinski definition) is 1. The Morgan fingerprint density at radius 1 is 1.38 bits per heavy atom. The summed E-state index contributed by atoms with van der Waals surface area (Å²) in [6.07, 6.45) is 0. The van der Waals surface area contributed by atoms with Gasteiger partial charge >= 0.3 is 15.9 Å². The van der Waals surface area contributed by atoms with Gasteiger partial charge in [-0.2, -0.15) is 17.2 Å². The van der Waals surface area contributed by atoms with Crippen molar-refractivity contribution in [2.24, 2.45) is 0 Å². The molecule has 8 heavy (non-hydrogen) atoms. The van der Waals surface area contributed by atoms with Crippen LogP contribution in [0.25, 0.3) is 0 Å². The Labute approximate surface area is 55.3 Å². The summed E-state index contributed by atoms with van der Waals surface area (Å²) in [6.45, 7) is 0. The molecule has 0 aromatic heterocycles. The first-order chi connectivity index (χ1) is 2.94. The summed E-state index contributed by atoms with van der Waals surface area (Å²) < 4.78 is 47.0. The van der Waals surface area contributed by atoms with E-state index in [4.69, 9.17) is 13.0 Å². The Morgan fingerprint density at radius 2 is 1.50 bits per heavy atom. The van der Waals surface area contributed by atoms with Crippen LogP contribution in [0.2, 0.25) is 0 Å². The van der Waals surface area contributed by atoms with Crippen molar-refractivity contribution < 1.29 is 38.8 Å². The molecule has 0 saturated carbocycles. The molecule has 55 valence electrons. The molecule has 0 aromatic carbocycles. The first kappa shape index (κ1) is 11.1. The van der Waals surface area contributed by atoms with Gasteiger partial charge in [-0.05, 0) is 0 Å². The second-order valence-electron chi connectivity index (χ2n) is 0.776. The molecule has 0 heterocycles. The van der Waals surface area contributed by atoms with Gasteiger partial charge in [0, 0.05) is 17.1 Å². The summed E-state index contributed by atoms with van der Waals surface area (Å²) in [4.78, 5) is 0. The van der Waals surface area contributed by atoms with E-state index in [1.807, 2.05) is 0 Å². The maximum absolute atomic E-state index is 10.7. The average molecular weight is 196 g/mol. The molecule has 1 N–H and O–H groups in total. The van der Waals surface area contributed by atoms with Crippen LogP contribution in [0.15, 0.2) is 0 Å². The topological polar surface area (TPSA) is 54.4 Å². The van der Waals surface area contributed by atoms with Crippen molar-refractivity contribution in [1.82, 2.24) is 0 Å². The summed E-state index contributed by atoms with van der Waals surface area (Å²) in [6, 6.07) is 0. The van der Waals surface area contributed by atoms with Crippen molar-refractivity contribution in [2.75, 3.05) is 0 Å². The quantitative estimate of drug-likeness (QED) is 0.477. The summed E-state index contributed by atoms with van der Waals surface area (Å²) in [7, 11) is -5.07. The van der Waals surface area contributed by atoms with Crippen LogP contribution in [0, 0.1) is 0 Å². The molecular formula is CH2CuF2O3S. The molecule has 0 amide bonds. The van der Waals surface area contributed by atoms with Gasteiger partial charge in [0.15, 0.2) is 0 Å². The van der Waals surface area contributed by atoms with Crippen LogP contribution >= 0.6 is 0 Å². The molecule has 0 saturated heterocycles. The Kier molecular flexibility index (Phi) is 4.65. The summed E-state index contributed by atoms with van der Waals surface area (Å²) in [5.74, 6) is -3.67. The molecule has 0 aliphatic heterocycles. The van der Waals surface area contributed by atoms with Crippen LogP contribution in [0.4, 0.5) is 8.78 Å². The molecule has 0 fully saturated rings. The summed E-state index contributed by atoms with van der Waals surface area (Å²) >= 11 is 0. The van der Waals surface area contributed by atoms with Gasteiger partial charge in [0.2, 0.25) is 0 Å². The molecule has 0 aliphatic rings. The monoisotopic (exact) mass is 195 g/mol. The van der Waals surface area contributed by atoms with E-state index in [-0.39, 0.29) is 17.1 Å². The van der Waals surface area contributed by atoms with Crippen molar-refractivity contribution in [3.05, 3.63) is 0 Å². The van der Waals surface area contributed by atoms with Crippen molar-refractivity contribution in [3.8, 4) is 0 Å². The molecule has 0 aromatic rings. The maximum Gasteiger partial charge on any atom is 0.361 e. The molecule has 0 spiro atoms. The smallest absolute Gasteiger partial charge is 0.281 e. The van der Waals surface area contributed by atoms with Crippen molar-refractivity contribution in [3.63, 3.8) is 0 Å². The fourth-order valence-electron chi connectivity index (χ4n) is 0. The average Bonchev–Trinajstić information content (AvgIpc) is 1.31. The van der Waals surface area contributed by atoms with Gasteiger partial charge in [0.25, 0.3) is 0 Å². The van der Waals surface area contributed by atoms with Gasteiger partial charge in [0.1, 0.15) is 0 Å². The largest absolute Gasteiger partial charge is 0.361 e. The van der Waals surface area contributed by atoms with Gasteiger partial charge in [-0.1, -0.05) is 0 Å². The fraction of sp³-hybridized carbons (Fsp3) is 1.00. The zero-order valence-corrected chi connectivity index (χ0v) is 5.06. The van der Waals surface area contributed by atoms with E-state index in [0.717, 1.165) is 0 Å². The van der Waals surface area contributed by atoms with Gasteiger partial charge in [-0.15, -0.1) is 0 Å². The van der Waals surface area contributed by atoms with E-state index in [0.29, 0.717) is 0 Å². The Balaban J connectivity index is 0. The van der Waals surface area contributed by atoms with E-state index >= 15 is 0 Å². The first-order valence-corrected chi connectivity index (χ1v) is 2.69. The van der Waals surface area contributed by atoms with Crippen molar-refractivity contribution in [2.45, 2.75) is 5.76 Å². The number of hydrogen-bond acceptors (Lipinski definition) is 2. The second-order valence-corrected chi connectivity index (χ2v) is 2.16. The van der Waals surface area contributed by atoms with Crippen LogP contribution in [0.3, 0.4) is 0 Å². The molecule has 0 unspecified atom stereocenters. The van der Waals surface area contributed by atoms with Crippen LogP contribution in [-0.4, -0.2) is 18.7 Å². The Morgan fingerprint density at radius 3 is 1.50 bits per heavy atom. The van der Waals surface area contributed by atoms with E-state index in [9.17, 15) is 8.78 Å². The third-order valence-electron chi connectivity index (χ3n) is 0.225. The summed E-state index contributed by atoms with van der Waals surface area (Å²) in [5.41, 5.74) is 0. The molecule has 0 bridgehead atoms. The first-order valence-electron chi connectivity index (χ1n) is 1.19. The van der Waals surface area contributed by atoms with E-state index in [2.05, 4.69) is 0 Å². The van der Waals surface area contributed by atoms with Crippen molar-refractivity contribution >= 4 is 10.1 Å². The number of halogens is 2. The fourth-order valence-corrected chi connectivity index (χ4v) is 0. The molecular weight excluding hydrogens is 194 g/mol. The van der Waals surface area contributed by atoms with Crippen molar-refractivity contribution in [1.29, 1.82) is 0 Å². The van der Waals surface area contributed by atoms with E-state index < -0.39 is 15.9 Å². The number of rotatable bonds is 1. The third-order valence-corrected chi connectivity index (χ3v) is 0.675. The molecule has 0 rings (SSSR count). The summed E-state index contributed by atoms with van der Waals surface area (Å²) in [5, 5.41) is 0. The van der Waals surface area contributed by atoms with Crippen LogP contribution < -0.4 is 0 Å². The predicted octanol–water partition coefficient (Wildman–Crippen LogP) is 0.0943. The Hall–Kier alpha value is 0.289. The van der Waals surface area contributed by atoms with Crippen LogP contribution in [0.1, 0.15) is 0 Å². The maximum atomic E-state index is 10.7. The van der Waals surface area contributed by atoms with E-state index in [1.165, 1.54) is 0 Å². The molecule has 3 nitrogen and oxygen atoms in total. The van der Waals surface area contributed by atoms with Gasteiger partial charge < -0.3 is 0 Å². The normalized spacial score (nSPS) is 11.0. The van der Waals surface area contributed by atoms with Gasteiger partial charge in [-0.25, -0.2) is 0 Å². The predicted molar refractivity (Wildman–Crippen MR) is 17.6 cm³/mol. The van der Waals surface area contributed by atoms with E-state index in [1.54, 1.807) is 0 Å². The molecule has 7 heteroatoms. The SMILES string of the molecule is O=S(=O)(O)C(F)F.[Cu]. The Bertz CT molecular complexity index is 139. The standard InChI is InChI=1S/CH2F2O3S.Cu/c2-1(3)7(4,5)6;/h1H,(H,4,5,6);. The molecule has 0 aliphatic carbocycles. The van der Waals surface area contributed by atoms with Crippen LogP contribution in [-0.2, 0) is 27.2 Å².